The Balaban J connectivity index is 1.55. The Hall–Kier alpha value is -3.72. The van der Waals surface area contributed by atoms with E-state index in [1.54, 1.807) is 55.5 Å². The quantitative estimate of drug-likeness (QED) is 0.400. The SMILES string of the molecule is COc1cccc(C(=O)Oc2ccc(/C=C3/C(=N)N4OC(C)=CC4=NC3=O)cc2Br)c1. The highest BCUT2D eigenvalue weighted by Crippen LogP contribution is 2.29. The number of hydroxylamine groups is 2. The Morgan fingerprint density at radius 2 is 2.06 bits per heavy atom. The number of nitrogens with one attached hydrogen (secondary N) is 1. The predicted molar refractivity (Wildman–Crippen MR) is 117 cm³/mol. The molecule has 156 valence electrons. The number of nitrogens with zero attached hydrogens (tertiary/aromatic N) is 2. The van der Waals surface area contributed by atoms with Crippen LogP contribution in [0.2, 0.25) is 0 Å². The van der Waals surface area contributed by atoms with Gasteiger partial charge in [0.15, 0.2) is 11.7 Å². The first-order chi connectivity index (χ1) is 14.9. The molecule has 0 radical (unpaired) electrons. The van der Waals surface area contributed by atoms with E-state index in [-0.39, 0.29) is 17.2 Å². The molecule has 1 N–H and O–H groups in total. The lowest BCUT2D eigenvalue weighted by molar-refractivity contribution is -0.114. The van der Waals surface area contributed by atoms with Crippen LogP contribution in [-0.4, -0.2) is 35.7 Å². The maximum atomic E-state index is 12.4. The van der Waals surface area contributed by atoms with Gasteiger partial charge in [0.05, 0.1) is 22.7 Å². The fourth-order valence-corrected chi connectivity index (χ4v) is 3.44. The minimum Gasteiger partial charge on any atom is -0.497 e. The number of methoxy groups -OCH3 is 1. The molecule has 0 saturated carbocycles. The minimum absolute atomic E-state index is 0.0832. The zero-order valence-electron chi connectivity index (χ0n) is 16.5. The van der Waals surface area contributed by atoms with E-state index < -0.39 is 11.9 Å². The van der Waals surface area contributed by atoms with Crippen LogP contribution in [0.1, 0.15) is 22.8 Å². The van der Waals surface area contributed by atoms with Crippen LogP contribution in [0.15, 0.2) is 69.3 Å². The summed E-state index contributed by atoms with van der Waals surface area (Å²) in [4.78, 5) is 34.2. The predicted octanol–water partition coefficient (Wildman–Crippen LogP) is 4.13. The highest BCUT2D eigenvalue weighted by atomic mass is 79.9. The number of benzene rings is 2. The zero-order valence-corrected chi connectivity index (χ0v) is 18.1. The van der Waals surface area contributed by atoms with Gasteiger partial charge in [0.1, 0.15) is 17.3 Å². The van der Waals surface area contributed by atoms with E-state index in [9.17, 15) is 9.59 Å². The van der Waals surface area contributed by atoms with Crippen molar-refractivity contribution < 1.29 is 23.9 Å². The van der Waals surface area contributed by atoms with E-state index in [0.717, 1.165) is 0 Å². The van der Waals surface area contributed by atoms with E-state index >= 15 is 0 Å². The van der Waals surface area contributed by atoms with E-state index in [1.807, 2.05) is 0 Å². The summed E-state index contributed by atoms with van der Waals surface area (Å²) in [6, 6.07) is 11.6. The van der Waals surface area contributed by atoms with Crippen LogP contribution in [0.4, 0.5) is 0 Å². The van der Waals surface area contributed by atoms with Crippen LogP contribution in [0.3, 0.4) is 0 Å². The lowest BCUT2D eigenvalue weighted by atomic mass is 10.1. The van der Waals surface area contributed by atoms with Crippen LogP contribution in [0, 0.1) is 5.41 Å². The van der Waals surface area contributed by atoms with Crippen molar-refractivity contribution in [2.75, 3.05) is 7.11 Å². The number of hydrogen-bond donors (Lipinski definition) is 1. The summed E-state index contributed by atoms with van der Waals surface area (Å²) in [5.41, 5.74) is 1.05. The second-order valence-electron chi connectivity index (χ2n) is 6.63. The number of aliphatic imine (C=N–C) groups is 1. The van der Waals surface area contributed by atoms with Crippen molar-refractivity contribution in [3.63, 3.8) is 0 Å². The van der Waals surface area contributed by atoms with E-state index in [1.165, 1.54) is 18.2 Å². The van der Waals surface area contributed by atoms with Gasteiger partial charge in [-0.1, -0.05) is 12.1 Å². The van der Waals surface area contributed by atoms with Gasteiger partial charge in [0, 0.05) is 6.08 Å². The normalized spacial score (nSPS) is 16.5. The summed E-state index contributed by atoms with van der Waals surface area (Å²) in [6.45, 7) is 1.71. The fraction of sp³-hybridized carbons (Fsp3) is 0.0909. The fourth-order valence-electron chi connectivity index (χ4n) is 2.97. The number of hydrogen-bond acceptors (Lipinski definition) is 6. The molecule has 2 aromatic rings. The van der Waals surface area contributed by atoms with Gasteiger partial charge in [-0.2, -0.15) is 4.99 Å². The van der Waals surface area contributed by atoms with Gasteiger partial charge in [-0.15, -0.1) is 5.06 Å². The average Bonchev–Trinajstić information content (AvgIpc) is 3.13. The molecule has 0 bridgehead atoms. The number of rotatable bonds is 4. The van der Waals surface area contributed by atoms with Crippen LogP contribution in [0.25, 0.3) is 6.08 Å². The van der Waals surface area contributed by atoms with Gasteiger partial charge in [-0.25, -0.2) is 4.79 Å². The first-order valence-electron chi connectivity index (χ1n) is 9.11. The third kappa shape index (κ3) is 4.13. The summed E-state index contributed by atoms with van der Waals surface area (Å²) < 4.78 is 11.1. The van der Waals surface area contributed by atoms with Gasteiger partial charge >= 0.3 is 5.97 Å². The number of ether oxygens (including phenoxy) is 2. The Kier molecular flexibility index (Phi) is 5.43. The van der Waals surface area contributed by atoms with Crippen molar-refractivity contribution in [3.05, 3.63) is 75.5 Å². The summed E-state index contributed by atoms with van der Waals surface area (Å²) in [6.07, 6.45) is 3.12. The molecular formula is C22H16BrN3O5. The number of fused-ring (bicyclic) bond motifs is 1. The second-order valence-corrected chi connectivity index (χ2v) is 7.49. The third-order valence-corrected chi connectivity index (χ3v) is 5.08. The molecule has 0 saturated heterocycles. The standard InChI is InChI=1S/C22H16BrN3O5/c1-12-8-19-25-21(27)16(20(24)26(19)31-12)9-13-6-7-18(17(23)10-13)30-22(28)14-4-3-5-15(11-14)29-2/h3-11,24H,1-2H3/b16-9-,24-20?. The molecular weight excluding hydrogens is 466 g/mol. The van der Waals surface area contributed by atoms with Crippen LogP contribution in [0.5, 0.6) is 11.5 Å². The molecule has 2 heterocycles. The molecule has 2 aliphatic heterocycles. The van der Waals surface area contributed by atoms with Gasteiger partial charge < -0.3 is 14.3 Å². The average molecular weight is 482 g/mol. The largest absolute Gasteiger partial charge is 0.497 e. The molecule has 4 rings (SSSR count). The molecule has 0 fully saturated rings. The lowest BCUT2D eigenvalue weighted by Gasteiger charge is -2.23. The van der Waals surface area contributed by atoms with Gasteiger partial charge in [0.25, 0.3) is 5.91 Å². The molecule has 0 unspecified atom stereocenters. The molecule has 2 aliphatic rings. The monoisotopic (exact) mass is 481 g/mol. The molecule has 2 aromatic carbocycles. The number of halogens is 1. The Morgan fingerprint density at radius 3 is 2.81 bits per heavy atom. The highest BCUT2D eigenvalue weighted by Gasteiger charge is 2.34. The van der Waals surface area contributed by atoms with Gasteiger partial charge in [0.2, 0.25) is 0 Å². The molecule has 0 spiro atoms. The summed E-state index contributed by atoms with van der Waals surface area (Å²) in [7, 11) is 1.52. The van der Waals surface area contributed by atoms with Crippen molar-refractivity contribution in [1.82, 2.24) is 5.06 Å². The summed E-state index contributed by atoms with van der Waals surface area (Å²) in [5, 5.41) is 9.46. The van der Waals surface area contributed by atoms with Crippen molar-refractivity contribution >= 4 is 45.6 Å². The smallest absolute Gasteiger partial charge is 0.343 e. The van der Waals surface area contributed by atoms with Crippen LogP contribution in [-0.2, 0) is 9.63 Å². The van der Waals surface area contributed by atoms with Crippen LogP contribution >= 0.6 is 15.9 Å². The molecule has 8 nitrogen and oxygen atoms in total. The first-order valence-corrected chi connectivity index (χ1v) is 9.91. The van der Waals surface area contributed by atoms with Crippen molar-refractivity contribution in [1.29, 1.82) is 5.41 Å². The topological polar surface area (TPSA) is 101 Å². The number of esters is 1. The number of amides is 1. The maximum Gasteiger partial charge on any atom is 0.343 e. The number of carbonyl (C=O) groups is 2. The number of carbonyl (C=O) groups excluding carboxylic acids is 2. The molecule has 31 heavy (non-hydrogen) atoms. The van der Waals surface area contributed by atoms with Crippen LogP contribution < -0.4 is 9.47 Å². The summed E-state index contributed by atoms with van der Waals surface area (Å²) in [5.74, 6) is 0.512. The second kappa shape index (κ2) is 8.19. The molecule has 0 atom stereocenters. The third-order valence-electron chi connectivity index (χ3n) is 4.46. The van der Waals surface area contributed by atoms with Crippen molar-refractivity contribution in [2.24, 2.45) is 4.99 Å². The first kappa shape index (κ1) is 20.5. The minimum atomic E-state index is -0.536. The Labute approximate surface area is 186 Å². The Bertz CT molecular complexity index is 1220. The number of allylic oxidation sites excluding steroid dienone is 1. The van der Waals surface area contributed by atoms with Crippen molar-refractivity contribution in [3.8, 4) is 11.5 Å². The van der Waals surface area contributed by atoms with E-state index in [4.69, 9.17) is 19.7 Å². The molecule has 1 amide bonds. The number of amidine groups is 2. The lowest BCUT2D eigenvalue weighted by Crippen LogP contribution is -2.38. The molecule has 0 aromatic heterocycles. The maximum absolute atomic E-state index is 12.4. The molecule has 0 aliphatic carbocycles. The molecule has 9 heteroatoms. The van der Waals surface area contributed by atoms with E-state index in [2.05, 4.69) is 20.9 Å². The van der Waals surface area contributed by atoms with Gasteiger partial charge in [-0.3, -0.25) is 10.2 Å². The van der Waals surface area contributed by atoms with Gasteiger partial charge in [-0.05, 0) is 64.8 Å². The van der Waals surface area contributed by atoms with E-state index in [0.29, 0.717) is 32.9 Å². The highest BCUT2D eigenvalue weighted by molar-refractivity contribution is 9.10. The summed E-state index contributed by atoms with van der Waals surface area (Å²) >= 11 is 3.38. The zero-order chi connectivity index (χ0) is 22.1. The van der Waals surface area contributed by atoms with Crippen molar-refractivity contribution in [2.45, 2.75) is 6.92 Å². The Morgan fingerprint density at radius 1 is 1.26 bits per heavy atom.